The molecule has 0 spiro atoms. The number of nitrogens with zero attached hydrogens (tertiary/aromatic N) is 2. The average molecular weight is 262 g/mol. The Balaban J connectivity index is 2.34. The van der Waals surface area contributed by atoms with Gasteiger partial charge in [-0.3, -0.25) is 0 Å². The van der Waals surface area contributed by atoms with Gasteiger partial charge in [-0.05, 0) is 6.92 Å². The summed E-state index contributed by atoms with van der Waals surface area (Å²) in [7, 11) is -3.31. The molecule has 0 aliphatic heterocycles. The fourth-order valence-corrected chi connectivity index (χ4v) is 2.01. The van der Waals surface area contributed by atoms with E-state index in [0.29, 0.717) is 12.4 Å². The molecule has 1 aromatic rings. The first-order valence-electron chi connectivity index (χ1n) is 5.39. The van der Waals surface area contributed by atoms with Gasteiger partial charge >= 0.3 is 0 Å². The number of rotatable bonds is 7. The van der Waals surface area contributed by atoms with Crippen LogP contribution < -0.4 is 10.0 Å². The molecule has 0 unspecified atom stereocenters. The number of aromatic nitrogens is 2. The largest absolute Gasteiger partial charge is 0.338 e. The van der Waals surface area contributed by atoms with E-state index in [9.17, 15) is 8.42 Å². The Morgan fingerprint density at radius 1 is 1.41 bits per heavy atom. The van der Waals surface area contributed by atoms with E-state index >= 15 is 0 Å². The fourth-order valence-electron chi connectivity index (χ4n) is 1.14. The lowest BCUT2D eigenvalue weighted by molar-refractivity contribution is 0.372. The van der Waals surface area contributed by atoms with Crippen LogP contribution in [0.2, 0.25) is 0 Å². The first-order valence-corrected chi connectivity index (χ1v) is 7.04. The third-order valence-corrected chi connectivity index (χ3v) is 3.26. The molecule has 0 atom stereocenters. The van der Waals surface area contributed by atoms with Crippen LogP contribution in [0.3, 0.4) is 0 Å². The molecule has 0 aliphatic carbocycles. The predicted octanol–water partition coefficient (Wildman–Crippen LogP) is -0.205. The Morgan fingerprint density at radius 2 is 2.12 bits per heavy atom. The standard InChI is InChI=1S/C9H18N4O3S/c1-7(2)10-4-5-17(14,15)11-6-9-12-8(3)13-16-9/h7,10-11H,4-6H2,1-3H3. The van der Waals surface area contributed by atoms with E-state index in [-0.39, 0.29) is 24.2 Å². The monoisotopic (exact) mass is 262 g/mol. The molecular formula is C9H18N4O3S. The van der Waals surface area contributed by atoms with Crippen molar-refractivity contribution < 1.29 is 12.9 Å². The lowest BCUT2D eigenvalue weighted by Gasteiger charge is -2.08. The number of nitrogens with one attached hydrogen (secondary N) is 2. The van der Waals surface area contributed by atoms with Gasteiger partial charge < -0.3 is 9.84 Å². The number of hydrogen-bond donors (Lipinski definition) is 2. The topological polar surface area (TPSA) is 97.1 Å². The highest BCUT2D eigenvalue weighted by molar-refractivity contribution is 7.89. The van der Waals surface area contributed by atoms with Crippen LogP contribution in [0, 0.1) is 6.92 Å². The van der Waals surface area contributed by atoms with Gasteiger partial charge in [-0.1, -0.05) is 19.0 Å². The summed E-state index contributed by atoms with van der Waals surface area (Å²) >= 11 is 0. The van der Waals surface area contributed by atoms with Crippen molar-refractivity contribution in [3.63, 3.8) is 0 Å². The van der Waals surface area contributed by atoms with E-state index in [2.05, 4.69) is 20.2 Å². The minimum absolute atomic E-state index is 0.0261. The maximum absolute atomic E-state index is 11.6. The molecule has 0 radical (unpaired) electrons. The van der Waals surface area contributed by atoms with Crippen molar-refractivity contribution in [3.05, 3.63) is 11.7 Å². The zero-order valence-electron chi connectivity index (χ0n) is 10.2. The third-order valence-electron chi connectivity index (χ3n) is 1.94. The molecule has 0 aromatic carbocycles. The second-order valence-corrected chi connectivity index (χ2v) is 5.91. The number of hydrogen-bond acceptors (Lipinski definition) is 6. The molecule has 1 heterocycles. The minimum atomic E-state index is -3.31. The first kappa shape index (κ1) is 14.1. The molecule has 17 heavy (non-hydrogen) atoms. The van der Waals surface area contributed by atoms with Crippen molar-refractivity contribution in [2.75, 3.05) is 12.3 Å². The fraction of sp³-hybridized carbons (Fsp3) is 0.778. The molecule has 2 N–H and O–H groups in total. The molecule has 0 amide bonds. The van der Waals surface area contributed by atoms with Crippen LogP contribution in [0.4, 0.5) is 0 Å². The maximum Gasteiger partial charge on any atom is 0.241 e. The predicted molar refractivity (Wildman–Crippen MR) is 62.8 cm³/mol. The quantitative estimate of drug-likeness (QED) is 0.706. The van der Waals surface area contributed by atoms with Crippen LogP contribution in [0.1, 0.15) is 25.6 Å². The van der Waals surface area contributed by atoms with Gasteiger partial charge in [0.05, 0.1) is 12.3 Å². The molecule has 0 saturated carbocycles. The Hall–Kier alpha value is -0.990. The maximum atomic E-state index is 11.6. The molecule has 98 valence electrons. The summed E-state index contributed by atoms with van der Waals surface area (Å²) in [4.78, 5) is 3.90. The normalized spacial score (nSPS) is 12.2. The van der Waals surface area contributed by atoms with Crippen molar-refractivity contribution in [2.45, 2.75) is 33.4 Å². The van der Waals surface area contributed by atoms with E-state index < -0.39 is 10.0 Å². The van der Waals surface area contributed by atoms with Gasteiger partial charge in [0.2, 0.25) is 15.9 Å². The third kappa shape index (κ3) is 5.76. The summed E-state index contributed by atoms with van der Waals surface area (Å²) in [6, 6.07) is 0.267. The SMILES string of the molecule is Cc1noc(CNS(=O)(=O)CCNC(C)C)n1. The molecule has 1 aromatic heterocycles. The number of sulfonamides is 1. The highest BCUT2D eigenvalue weighted by atomic mass is 32.2. The highest BCUT2D eigenvalue weighted by Gasteiger charge is 2.12. The summed E-state index contributed by atoms with van der Waals surface area (Å²) in [6.07, 6.45) is 0. The Kier molecular flexibility index (Phi) is 5.03. The number of aryl methyl sites for hydroxylation is 1. The van der Waals surface area contributed by atoms with Crippen molar-refractivity contribution in [3.8, 4) is 0 Å². The van der Waals surface area contributed by atoms with E-state index in [0.717, 1.165) is 0 Å². The molecule has 0 saturated heterocycles. The van der Waals surface area contributed by atoms with Gasteiger partial charge in [0, 0.05) is 12.6 Å². The van der Waals surface area contributed by atoms with Crippen molar-refractivity contribution in [1.29, 1.82) is 0 Å². The lowest BCUT2D eigenvalue weighted by atomic mass is 10.4. The van der Waals surface area contributed by atoms with Crippen LogP contribution in [0.15, 0.2) is 4.52 Å². The Labute approximate surface area is 101 Å². The summed E-state index contributed by atoms with van der Waals surface area (Å²) < 4.78 is 30.3. The molecule has 8 heteroatoms. The van der Waals surface area contributed by atoms with Gasteiger partial charge in [-0.25, -0.2) is 13.1 Å². The Bertz CT molecular complexity index is 441. The van der Waals surface area contributed by atoms with Crippen molar-refractivity contribution in [1.82, 2.24) is 20.2 Å². The molecule has 0 aliphatic rings. The van der Waals surface area contributed by atoms with Crippen LogP contribution in [0.5, 0.6) is 0 Å². The first-order chi connectivity index (χ1) is 7.89. The Morgan fingerprint density at radius 3 is 2.65 bits per heavy atom. The summed E-state index contributed by atoms with van der Waals surface area (Å²) in [5.74, 6) is 0.779. The van der Waals surface area contributed by atoms with E-state index in [1.54, 1.807) is 6.92 Å². The summed E-state index contributed by atoms with van der Waals surface area (Å²) in [5.41, 5.74) is 0. The smallest absolute Gasteiger partial charge is 0.241 e. The van der Waals surface area contributed by atoms with Crippen LogP contribution in [0.25, 0.3) is 0 Å². The van der Waals surface area contributed by atoms with Crippen LogP contribution in [-0.2, 0) is 16.6 Å². The summed E-state index contributed by atoms with van der Waals surface area (Å²) in [6.45, 7) is 6.04. The van der Waals surface area contributed by atoms with Crippen LogP contribution >= 0.6 is 0 Å². The second kappa shape index (κ2) is 6.08. The second-order valence-electron chi connectivity index (χ2n) is 3.98. The van der Waals surface area contributed by atoms with Crippen molar-refractivity contribution >= 4 is 10.0 Å². The minimum Gasteiger partial charge on any atom is -0.338 e. The van der Waals surface area contributed by atoms with Gasteiger partial charge in [-0.15, -0.1) is 0 Å². The molecule has 0 fully saturated rings. The highest BCUT2D eigenvalue weighted by Crippen LogP contribution is 1.96. The van der Waals surface area contributed by atoms with Gasteiger partial charge in [0.15, 0.2) is 5.82 Å². The average Bonchev–Trinajstić information content (AvgIpc) is 2.61. The summed E-state index contributed by atoms with van der Waals surface area (Å²) in [5, 5.41) is 6.60. The lowest BCUT2D eigenvalue weighted by Crippen LogP contribution is -2.34. The molecule has 1 rings (SSSR count). The van der Waals surface area contributed by atoms with Gasteiger partial charge in [0.1, 0.15) is 0 Å². The zero-order chi connectivity index (χ0) is 12.9. The zero-order valence-corrected chi connectivity index (χ0v) is 11.0. The molecule has 7 nitrogen and oxygen atoms in total. The van der Waals surface area contributed by atoms with E-state index in [1.807, 2.05) is 13.8 Å². The van der Waals surface area contributed by atoms with Gasteiger partial charge in [0.25, 0.3) is 0 Å². The molecular weight excluding hydrogens is 244 g/mol. The van der Waals surface area contributed by atoms with E-state index in [1.165, 1.54) is 0 Å². The molecule has 0 bridgehead atoms. The van der Waals surface area contributed by atoms with Gasteiger partial charge in [-0.2, -0.15) is 4.98 Å². The van der Waals surface area contributed by atoms with Crippen molar-refractivity contribution in [2.24, 2.45) is 0 Å². The van der Waals surface area contributed by atoms with E-state index in [4.69, 9.17) is 4.52 Å². The van der Waals surface area contributed by atoms with Crippen LogP contribution in [-0.4, -0.2) is 36.9 Å².